The fraction of sp³-hybridized carbons (Fsp3) is 0.250. The van der Waals surface area contributed by atoms with Gasteiger partial charge in [-0.05, 0) is 18.2 Å². The SMILES string of the molecule is CNC(=O)CCNC(=O)Nc1cc(F)ccc1C(=O)O. The van der Waals surface area contributed by atoms with Crippen LogP contribution < -0.4 is 16.0 Å². The van der Waals surface area contributed by atoms with E-state index >= 15 is 0 Å². The van der Waals surface area contributed by atoms with Crippen LogP contribution >= 0.6 is 0 Å². The molecule has 0 aliphatic heterocycles. The first-order valence-electron chi connectivity index (χ1n) is 5.72. The van der Waals surface area contributed by atoms with E-state index in [2.05, 4.69) is 16.0 Å². The summed E-state index contributed by atoms with van der Waals surface area (Å²) in [4.78, 5) is 33.3. The van der Waals surface area contributed by atoms with Gasteiger partial charge in [-0.1, -0.05) is 0 Å². The second-order valence-corrected chi connectivity index (χ2v) is 3.80. The second kappa shape index (κ2) is 7.07. The van der Waals surface area contributed by atoms with Gasteiger partial charge in [0.1, 0.15) is 5.82 Å². The molecule has 0 saturated carbocycles. The predicted octanol–water partition coefficient (Wildman–Crippen LogP) is 0.781. The molecule has 0 fully saturated rings. The van der Waals surface area contributed by atoms with Gasteiger partial charge >= 0.3 is 12.0 Å². The van der Waals surface area contributed by atoms with Crippen LogP contribution in [0.15, 0.2) is 18.2 Å². The van der Waals surface area contributed by atoms with Crippen LogP contribution in [0.2, 0.25) is 0 Å². The molecule has 108 valence electrons. The topological polar surface area (TPSA) is 108 Å². The molecular weight excluding hydrogens is 269 g/mol. The Morgan fingerprint density at radius 2 is 2.00 bits per heavy atom. The minimum atomic E-state index is -1.29. The van der Waals surface area contributed by atoms with Gasteiger partial charge in [-0.3, -0.25) is 4.79 Å². The lowest BCUT2D eigenvalue weighted by atomic mass is 10.2. The zero-order chi connectivity index (χ0) is 15.1. The van der Waals surface area contributed by atoms with Crippen molar-refractivity contribution in [3.05, 3.63) is 29.6 Å². The van der Waals surface area contributed by atoms with E-state index in [-0.39, 0.29) is 30.1 Å². The summed E-state index contributed by atoms with van der Waals surface area (Å²) in [5.74, 6) is -2.20. The smallest absolute Gasteiger partial charge is 0.337 e. The molecule has 0 saturated heterocycles. The van der Waals surface area contributed by atoms with Gasteiger partial charge in [0.15, 0.2) is 0 Å². The van der Waals surface area contributed by atoms with Gasteiger partial charge < -0.3 is 21.1 Å². The van der Waals surface area contributed by atoms with E-state index < -0.39 is 17.8 Å². The van der Waals surface area contributed by atoms with Crippen molar-refractivity contribution >= 4 is 23.6 Å². The van der Waals surface area contributed by atoms with Crippen LogP contribution in [0.1, 0.15) is 16.8 Å². The molecule has 0 aromatic heterocycles. The molecule has 20 heavy (non-hydrogen) atoms. The Morgan fingerprint density at radius 3 is 2.60 bits per heavy atom. The third kappa shape index (κ3) is 4.56. The number of nitrogens with one attached hydrogen (secondary N) is 3. The normalized spacial score (nSPS) is 9.70. The number of carboxylic acid groups (broad SMARTS) is 1. The summed E-state index contributed by atoms with van der Waals surface area (Å²) < 4.78 is 13.0. The number of hydrogen-bond acceptors (Lipinski definition) is 3. The van der Waals surface area contributed by atoms with E-state index in [0.29, 0.717) is 0 Å². The van der Waals surface area contributed by atoms with Crippen LogP contribution in [0, 0.1) is 5.82 Å². The highest BCUT2D eigenvalue weighted by Gasteiger charge is 2.13. The molecule has 1 aromatic carbocycles. The fourth-order valence-corrected chi connectivity index (χ4v) is 1.39. The van der Waals surface area contributed by atoms with Crippen LogP contribution in [-0.2, 0) is 4.79 Å². The Morgan fingerprint density at radius 1 is 1.30 bits per heavy atom. The summed E-state index contributed by atoms with van der Waals surface area (Å²) in [6.07, 6.45) is 0.0822. The number of benzene rings is 1. The molecule has 3 amide bonds. The van der Waals surface area contributed by atoms with Crippen molar-refractivity contribution < 1.29 is 23.9 Å². The summed E-state index contributed by atoms with van der Waals surface area (Å²) in [6.45, 7) is 0.0726. The maximum Gasteiger partial charge on any atom is 0.337 e. The largest absolute Gasteiger partial charge is 0.478 e. The van der Waals surface area contributed by atoms with Gasteiger partial charge in [0, 0.05) is 20.0 Å². The van der Waals surface area contributed by atoms with E-state index in [0.717, 1.165) is 18.2 Å². The summed E-state index contributed by atoms with van der Waals surface area (Å²) in [5, 5.41) is 15.9. The standard InChI is InChI=1S/C12H14FN3O4/c1-14-10(17)4-5-15-12(20)16-9-6-7(13)2-3-8(9)11(18)19/h2-3,6H,4-5H2,1H3,(H,14,17)(H,18,19)(H2,15,16,20). The Balaban J connectivity index is 2.63. The van der Waals surface area contributed by atoms with Gasteiger partial charge in [-0.15, -0.1) is 0 Å². The maximum atomic E-state index is 13.0. The van der Waals surface area contributed by atoms with Gasteiger partial charge in [0.25, 0.3) is 0 Å². The molecule has 0 radical (unpaired) electrons. The number of carboxylic acids is 1. The molecule has 0 aliphatic rings. The van der Waals surface area contributed by atoms with Crippen molar-refractivity contribution in [3.63, 3.8) is 0 Å². The third-order valence-electron chi connectivity index (χ3n) is 2.38. The monoisotopic (exact) mass is 283 g/mol. The molecule has 0 unspecified atom stereocenters. The number of carbonyl (C=O) groups is 3. The molecule has 8 heteroatoms. The maximum absolute atomic E-state index is 13.0. The van der Waals surface area contributed by atoms with Crippen molar-refractivity contribution in [1.82, 2.24) is 10.6 Å². The molecular formula is C12H14FN3O4. The molecule has 0 spiro atoms. The lowest BCUT2D eigenvalue weighted by Crippen LogP contribution is -2.32. The van der Waals surface area contributed by atoms with Gasteiger partial charge in [0.2, 0.25) is 5.91 Å². The van der Waals surface area contributed by atoms with E-state index in [4.69, 9.17) is 5.11 Å². The van der Waals surface area contributed by atoms with Gasteiger partial charge in [-0.2, -0.15) is 0 Å². The molecule has 0 heterocycles. The number of anilines is 1. The first-order valence-corrected chi connectivity index (χ1v) is 5.72. The number of urea groups is 1. The number of halogens is 1. The zero-order valence-corrected chi connectivity index (χ0v) is 10.7. The quantitative estimate of drug-likeness (QED) is 0.640. The number of aromatic carboxylic acids is 1. The Labute approximate surface area is 114 Å². The van der Waals surface area contributed by atoms with E-state index in [1.165, 1.54) is 7.05 Å². The van der Waals surface area contributed by atoms with E-state index in [1.54, 1.807) is 0 Å². The molecule has 7 nitrogen and oxygen atoms in total. The van der Waals surface area contributed by atoms with Crippen molar-refractivity contribution in [2.75, 3.05) is 18.9 Å². The molecule has 1 rings (SSSR count). The average Bonchev–Trinajstić information content (AvgIpc) is 2.38. The Bertz CT molecular complexity index is 533. The predicted molar refractivity (Wildman–Crippen MR) is 69.1 cm³/mol. The van der Waals surface area contributed by atoms with Gasteiger partial charge in [-0.25, -0.2) is 14.0 Å². The molecule has 1 aromatic rings. The molecule has 0 bridgehead atoms. The third-order valence-corrected chi connectivity index (χ3v) is 2.38. The average molecular weight is 283 g/mol. The number of carbonyl (C=O) groups excluding carboxylic acids is 2. The summed E-state index contributed by atoms with van der Waals surface area (Å²) >= 11 is 0. The first-order chi connectivity index (χ1) is 9.43. The van der Waals surface area contributed by atoms with E-state index in [1.807, 2.05) is 0 Å². The Kier molecular flexibility index (Phi) is 5.45. The highest BCUT2D eigenvalue weighted by molar-refractivity contribution is 6.00. The fourth-order valence-electron chi connectivity index (χ4n) is 1.39. The van der Waals surface area contributed by atoms with Crippen LogP contribution in [0.4, 0.5) is 14.9 Å². The lowest BCUT2D eigenvalue weighted by molar-refractivity contribution is -0.120. The van der Waals surface area contributed by atoms with Crippen molar-refractivity contribution in [3.8, 4) is 0 Å². The first kappa shape index (κ1) is 15.4. The van der Waals surface area contributed by atoms with E-state index in [9.17, 15) is 18.8 Å². The molecule has 0 atom stereocenters. The summed E-state index contributed by atoms with van der Waals surface area (Å²) in [7, 11) is 1.47. The number of rotatable bonds is 5. The van der Waals surface area contributed by atoms with Crippen LogP contribution in [0.25, 0.3) is 0 Å². The van der Waals surface area contributed by atoms with Crippen molar-refractivity contribution in [2.24, 2.45) is 0 Å². The Hall–Kier alpha value is -2.64. The second-order valence-electron chi connectivity index (χ2n) is 3.80. The van der Waals surface area contributed by atoms with Crippen molar-refractivity contribution in [1.29, 1.82) is 0 Å². The molecule has 0 aliphatic carbocycles. The molecule has 4 N–H and O–H groups in total. The number of hydrogen-bond donors (Lipinski definition) is 4. The van der Waals surface area contributed by atoms with Gasteiger partial charge in [0.05, 0.1) is 11.3 Å². The number of amides is 3. The van der Waals surface area contributed by atoms with Crippen molar-refractivity contribution in [2.45, 2.75) is 6.42 Å². The lowest BCUT2D eigenvalue weighted by Gasteiger charge is -2.09. The van der Waals surface area contributed by atoms with Crippen LogP contribution in [0.3, 0.4) is 0 Å². The highest BCUT2D eigenvalue weighted by Crippen LogP contribution is 2.17. The zero-order valence-electron chi connectivity index (χ0n) is 10.7. The summed E-state index contributed by atoms with van der Waals surface area (Å²) in [5.41, 5.74) is -0.386. The van der Waals surface area contributed by atoms with Crippen LogP contribution in [-0.4, -0.2) is 36.6 Å². The highest BCUT2D eigenvalue weighted by atomic mass is 19.1. The van der Waals surface area contributed by atoms with Crippen LogP contribution in [0.5, 0.6) is 0 Å². The minimum Gasteiger partial charge on any atom is -0.478 e. The summed E-state index contributed by atoms with van der Waals surface area (Å²) in [6, 6.07) is 2.22. The minimum absolute atomic E-state index is 0.0726.